The molecule has 0 N–H and O–H groups in total. The first-order valence-electron chi connectivity index (χ1n) is 10.7. The van der Waals surface area contributed by atoms with Crippen LogP contribution < -0.4 is 4.74 Å². The van der Waals surface area contributed by atoms with Crippen LogP contribution in [0.25, 0.3) is 0 Å². The van der Waals surface area contributed by atoms with Crippen molar-refractivity contribution in [1.82, 2.24) is 0 Å². The van der Waals surface area contributed by atoms with Crippen LogP contribution in [0, 0.1) is 10.1 Å². The van der Waals surface area contributed by atoms with E-state index in [9.17, 15) is 14.9 Å². The summed E-state index contributed by atoms with van der Waals surface area (Å²) < 4.78 is 5.51. The van der Waals surface area contributed by atoms with E-state index in [-0.39, 0.29) is 21.4 Å². The standard InChI is InChI=1S/C24H30AsNO4S/c1-4-6-15-24(25,16-7-5-2)17-31-23-19(21(27)18-11-9-8-10-12-18)13-14-20(26(28)29)22(23)30-3/h8-14H,4-7,15-17H2,1-3H3. The van der Waals surface area contributed by atoms with Crippen molar-refractivity contribution in [2.45, 2.75) is 61.5 Å². The van der Waals surface area contributed by atoms with Crippen molar-refractivity contribution in [2.75, 3.05) is 12.9 Å². The van der Waals surface area contributed by atoms with Crippen LogP contribution in [0.1, 0.15) is 68.3 Å². The molecular formula is C24H30AsNO4S. The second-order valence-electron chi connectivity index (χ2n) is 7.67. The molecule has 2 rings (SSSR count). The van der Waals surface area contributed by atoms with Gasteiger partial charge in [-0.1, -0.05) is 0 Å². The van der Waals surface area contributed by atoms with Gasteiger partial charge in [0.15, 0.2) is 0 Å². The van der Waals surface area contributed by atoms with Crippen LogP contribution in [0.3, 0.4) is 0 Å². The van der Waals surface area contributed by atoms with Gasteiger partial charge in [0.25, 0.3) is 0 Å². The van der Waals surface area contributed by atoms with Gasteiger partial charge in [-0.15, -0.1) is 0 Å². The van der Waals surface area contributed by atoms with Gasteiger partial charge in [0, 0.05) is 0 Å². The number of hydrogen-bond donors (Lipinski definition) is 0. The van der Waals surface area contributed by atoms with Crippen molar-refractivity contribution < 1.29 is 14.5 Å². The van der Waals surface area contributed by atoms with Gasteiger partial charge in [-0.25, -0.2) is 0 Å². The molecule has 0 fully saturated rings. The van der Waals surface area contributed by atoms with Crippen LogP contribution in [0.4, 0.5) is 5.69 Å². The molecule has 0 spiro atoms. The van der Waals surface area contributed by atoms with Gasteiger partial charge < -0.3 is 0 Å². The molecule has 0 unspecified atom stereocenters. The van der Waals surface area contributed by atoms with Gasteiger partial charge in [-0.2, -0.15) is 0 Å². The molecule has 0 aromatic heterocycles. The summed E-state index contributed by atoms with van der Waals surface area (Å²) >= 11 is 4.34. The van der Waals surface area contributed by atoms with E-state index >= 15 is 0 Å². The third-order valence-corrected chi connectivity index (χ3v) is 8.38. The third-order valence-electron chi connectivity index (χ3n) is 5.25. The van der Waals surface area contributed by atoms with Crippen LogP contribution in [-0.2, 0) is 0 Å². The van der Waals surface area contributed by atoms with Crippen LogP contribution >= 0.6 is 11.8 Å². The first-order chi connectivity index (χ1) is 14.9. The number of rotatable bonds is 13. The molecule has 2 aromatic carbocycles. The number of ketones is 1. The van der Waals surface area contributed by atoms with Gasteiger partial charge in [-0.3, -0.25) is 0 Å². The Morgan fingerprint density at radius 3 is 2.23 bits per heavy atom. The Morgan fingerprint density at radius 1 is 1.10 bits per heavy atom. The van der Waals surface area contributed by atoms with E-state index in [1.54, 1.807) is 18.2 Å². The number of unbranched alkanes of at least 4 members (excludes halogenated alkanes) is 2. The fraction of sp³-hybridized carbons (Fsp3) is 0.458. The number of thioether (sulfide) groups is 1. The summed E-state index contributed by atoms with van der Waals surface area (Å²) in [6, 6.07) is 11.9. The molecule has 5 nitrogen and oxygen atoms in total. The summed E-state index contributed by atoms with van der Waals surface area (Å²) in [7, 11) is 1.42. The van der Waals surface area contributed by atoms with Crippen LogP contribution in [-0.4, -0.2) is 40.4 Å². The molecule has 0 aliphatic carbocycles. The summed E-state index contributed by atoms with van der Waals surface area (Å²) in [5.41, 5.74) is 0.878. The van der Waals surface area contributed by atoms with Crippen molar-refractivity contribution in [3.8, 4) is 5.75 Å². The molecule has 0 atom stereocenters. The minimum atomic E-state index is -0.455. The number of nitro benzene ring substituents is 1. The van der Waals surface area contributed by atoms with E-state index in [0.717, 1.165) is 44.3 Å². The van der Waals surface area contributed by atoms with Crippen molar-refractivity contribution in [3.05, 3.63) is 63.7 Å². The number of nitro groups is 1. The number of carbonyl (C=O) groups excluding carboxylic acids is 1. The molecule has 0 aliphatic rings. The average molecular weight is 503 g/mol. The van der Waals surface area contributed by atoms with Gasteiger partial charge in [0.05, 0.1) is 0 Å². The molecule has 7 heteroatoms. The fourth-order valence-corrected chi connectivity index (χ4v) is 5.85. The number of ether oxygens (including phenoxy) is 1. The molecular weight excluding hydrogens is 473 g/mol. The Bertz CT molecular complexity index is 881. The van der Waals surface area contributed by atoms with Crippen LogP contribution in [0.15, 0.2) is 47.4 Å². The van der Waals surface area contributed by atoms with E-state index in [2.05, 4.69) is 30.7 Å². The Morgan fingerprint density at radius 2 is 1.71 bits per heavy atom. The number of hydrogen-bond acceptors (Lipinski definition) is 5. The van der Waals surface area contributed by atoms with Gasteiger partial charge >= 0.3 is 198 Å². The van der Waals surface area contributed by atoms with Crippen molar-refractivity contribution in [2.24, 2.45) is 0 Å². The van der Waals surface area contributed by atoms with Crippen LogP contribution in [0.2, 0.25) is 4.20 Å². The van der Waals surface area contributed by atoms with Gasteiger partial charge in [0.1, 0.15) is 0 Å². The topological polar surface area (TPSA) is 69.4 Å². The fourth-order valence-electron chi connectivity index (χ4n) is 3.45. The Balaban J connectivity index is 2.47. The van der Waals surface area contributed by atoms with E-state index < -0.39 is 4.92 Å². The molecule has 0 heterocycles. The van der Waals surface area contributed by atoms with E-state index in [1.165, 1.54) is 24.9 Å². The Kier molecular flexibility index (Phi) is 10.1. The normalized spacial score (nSPS) is 11.4. The SMILES string of the molecule is CCCCC([As])(CCCC)CSc1c(C(=O)c2ccccc2)ccc([N+](=O)[O-])c1OC. The minimum absolute atomic E-state index is 0.0341. The molecule has 0 saturated heterocycles. The van der Waals surface area contributed by atoms with Crippen LogP contribution in [0.5, 0.6) is 5.75 Å². The molecule has 166 valence electrons. The molecule has 0 amide bonds. The molecule has 0 saturated carbocycles. The average Bonchev–Trinajstić information content (AvgIpc) is 2.79. The van der Waals surface area contributed by atoms with Gasteiger partial charge in [0.2, 0.25) is 0 Å². The second kappa shape index (κ2) is 12.3. The monoisotopic (exact) mass is 503 g/mol. The number of benzene rings is 2. The number of nitrogens with zero attached hydrogens (tertiary/aromatic N) is 1. The molecule has 2 radical (unpaired) electrons. The summed E-state index contributed by atoms with van der Waals surface area (Å²) in [5, 5.41) is 11.6. The second-order valence-corrected chi connectivity index (χ2v) is 10.6. The van der Waals surface area contributed by atoms with Crippen molar-refractivity contribution in [1.29, 1.82) is 0 Å². The quantitative estimate of drug-likeness (QED) is 0.101. The maximum absolute atomic E-state index is 13.2. The zero-order valence-corrected chi connectivity index (χ0v) is 21.1. The number of methoxy groups -OCH3 is 1. The van der Waals surface area contributed by atoms with Crippen molar-refractivity contribution >= 4 is 40.1 Å². The summed E-state index contributed by atoms with van der Waals surface area (Å²) in [5.74, 6) is 0.756. The molecule has 2 aromatic rings. The Labute approximate surface area is 198 Å². The predicted octanol–water partition coefficient (Wildman–Crippen LogP) is 6.63. The van der Waals surface area contributed by atoms with Gasteiger partial charge in [-0.05, 0) is 0 Å². The predicted molar refractivity (Wildman–Crippen MR) is 128 cm³/mol. The number of carbonyl (C=O) groups is 1. The zero-order chi connectivity index (χ0) is 22.9. The van der Waals surface area contributed by atoms with E-state index in [0.29, 0.717) is 16.0 Å². The first-order valence-corrected chi connectivity index (χ1v) is 12.6. The summed E-state index contributed by atoms with van der Waals surface area (Å²) in [6.45, 7) is 4.36. The van der Waals surface area contributed by atoms with E-state index in [1.807, 2.05) is 18.2 Å². The summed E-state index contributed by atoms with van der Waals surface area (Å²) in [6.07, 6.45) is 6.62. The maximum atomic E-state index is 13.2. The summed E-state index contributed by atoms with van der Waals surface area (Å²) in [4.78, 5) is 24.9. The van der Waals surface area contributed by atoms with E-state index in [4.69, 9.17) is 4.74 Å². The first kappa shape index (κ1) is 25.5. The molecule has 31 heavy (non-hydrogen) atoms. The third kappa shape index (κ3) is 6.85. The molecule has 0 aliphatic heterocycles. The Hall–Kier alpha value is -1.78. The van der Waals surface area contributed by atoms with Crippen molar-refractivity contribution in [3.63, 3.8) is 0 Å². The zero-order valence-electron chi connectivity index (χ0n) is 18.4. The molecule has 0 bridgehead atoms.